The quantitative estimate of drug-likeness (QED) is 0.867. The minimum atomic E-state index is 0.0442. The molecule has 1 aliphatic heterocycles. The number of anilines is 2. The lowest BCUT2D eigenvalue weighted by molar-refractivity contribution is 0.188. The van der Waals surface area contributed by atoms with E-state index in [9.17, 15) is 4.79 Å². The van der Waals surface area contributed by atoms with Gasteiger partial charge in [0, 0.05) is 17.3 Å². The van der Waals surface area contributed by atoms with Gasteiger partial charge in [0.15, 0.2) is 0 Å². The summed E-state index contributed by atoms with van der Waals surface area (Å²) < 4.78 is 7.32. The number of fused-ring (bicyclic) bond motifs is 1. The van der Waals surface area contributed by atoms with Crippen LogP contribution in [0.2, 0.25) is 0 Å². The SMILES string of the molecule is COc1ccccc1N1CN(C2CC2)Cn2c1nc(C)c(C)c2=O. The third-order valence-electron chi connectivity index (χ3n) is 4.94. The number of aromatic nitrogens is 2. The zero-order valence-corrected chi connectivity index (χ0v) is 14.3. The monoisotopic (exact) mass is 326 g/mol. The van der Waals surface area contributed by atoms with E-state index in [2.05, 4.69) is 9.80 Å². The number of methoxy groups -OCH3 is 1. The largest absolute Gasteiger partial charge is 0.495 e. The maximum absolute atomic E-state index is 12.8. The van der Waals surface area contributed by atoms with Gasteiger partial charge in [-0.2, -0.15) is 0 Å². The molecule has 1 saturated carbocycles. The van der Waals surface area contributed by atoms with Crippen molar-refractivity contribution in [3.05, 3.63) is 45.9 Å². The first kappa shape index (κ1) is 15.2. The maximum Gasteiger partial charge on any atom is 0.259 e. The van der Waals surface area contributed by atoms with Crippen LogP contribution in [0, 0.1) is 13.8 Å². The minimum absolute atomic E-state index is 0.0442. The van der Waals surface area contributed by atoms with E-state index in [1.165, 1.54) is 12.8 Å². The van der Waals surface area contributed by atoms with Gasteiger partial charge in [-0.15, -0.1) is 0 Å². The number of ether oxygens (including phenoxy) is 1. The van der Waals surface area contributed by atoms with Gasteiger partial charge >= 0.3 is 0 Å². The fraction of sp³-hybridized carbons (Fsp3) is 0.444. The van der Waals surface area contributed by atoms with E-state index in [0.717, 1.165) is 29.4 Å². The van der Waals surface area contributed by atoms with Crippen molar-refractivity contribution in [1.82, 2.24) is 14.5 Å². The fourth-order valence-corrected chi connectivity index (χ4v) is 3.25. The van der Waals surface area contributed by atoms with Crippen molar-refractivity contribution in [3.63, 3.8) is 0 Å². The Bertz CT molecular complexity index is 841. The van der Waals surface area contributed by atoms with Crippen molar-refractivity contribution in [2.75, 3.05) is 18.7 Å². The molecule has 1 aromatic heterocycles. The molecule has 6 nitrogen and oxygen atoms in total. The van der Waals surface area contributed by atoms with Gasteiger partial charge in [0.05, 0.1) is 26.1 Å². The summed E-state index contributed by atoms with van der Waals surface area (Å²) >= 11 is 0. The number of nitrogens with zero attached hydrogens (tertiary/aromatic N) is 4. The lowest BCUT2D eigenvalue weighted by Crippen LogP contribution is -2.48. The summed E-state index contributed by atoms with van der Waals surface area (Å²) in [5.41, 5.74) is 2.49. The lowest BCUT2D eigenvalue weighted by Gasteiger charge is -2.38. The van der Waals surface area contributed by atoms with Gasteiger partial charge in [0.1, 0.15) is 5.75 Å². The van der Waals surface area contributed by atoms with Crippen LogP contribution in [0.25, 0.3) is 0 Å². The summed E-state index contributed by atoms with van der Waals surface area (Å²) in [5.74, 6) is 1.48. The lowest BCUT2D eigenvalue weighted by atomic mass is 10.2. The van der Waals surface area contributed by atoms with Crippen LogP contribution >= 0.6 is 0 Å². The summed E-state index contributed by atoms with van der Waals surface area (Å²) in [5, 5.41) is 0. The molecule has 4 rings (SSSR count). The summed E-state index contributed by atoms with van der Waals surface area (Å²) in [6.45, 7) is 5.07. The van der Waals surface area contributed by atoms with Crippen LogP contribution < -0.4 is 15.2 Å². The second kappa shape index (κ2) is 5.63. The summed E-state index contributed by atoms with van der Waals surface area (Å²) in [6.07, 6.45) is 2.39. The topological polar surface area (TPSA) is 50.6 Å². The molecule has 24 heavy (non-hydrogen) atoms. The van der Waals surface area contributed by atoms with Crippen LogP contribution in [0.3, 0.4) is 0 Å². The van der Waals surface area contributed by atoms with Gasteiger partial charge in [-0.05, 0) is 38.8 Å². The number of rotatable bonds is 3. The molecule has 0 atom stereocenters. The van der Waals surface area contributed by atoms with E-state index < -0.39 is 0 Å². The third-order valence-corrected chi connectivity index (χ3v) is 4.94. The van der Waals surface area contributed by atoms with E-state index in [0.29, 0.717) is 18.7 Å². The number of hydrogen-bond acceptors (Lipinski definition) is 5. The second-order valence-electron chi connectivity index (χ2n) is 6.56. The third kappa shape index (κ3) is 2.38. The molecule has 1 aliphatic carbocycles. The normalized spacial score (nSPS) is 17.7. The van der Waals surface area contributed by atoms with Crippen LogP contribution in [-0.2, 0) is 6.67 Å². The van der Waals surface area contributed by atoms with E-state index in [-0.39, 0.29) is 5.56 Å². The Morgan fingerprint density at radius 2 is 1.92 bits per heavy atom. The highest BCUT2D eigenvalue weighted by Crippen LogP contribution is 2.37. The van der Waals surface area contributed by atoms with E-state index in [4.69, 9.17) is 9.72 Å². The van der Waals surface area contributed by atoms with Gasteiger partial charge < -0.3 is 4.74 Å². The Labute approximate surface area is 141 Å². The van der Waals surface area contributed by atoms with Crippen molar-refractivity contribution in [2.24, 2.45) is 0 Å². The van der Waals surface area contributed by atoms with Crippen molar-refractivity contribution in [3.8, 4) is 5.75 Å². The first-order valence-corrected chi connectivity index (χ1v) is 8.33. The van der Waals surface area contributed by atoms with Crippen LogP contribution in [0.5, 0.6) is 5.75 Å². The van der Waals surface area contributed by atoms with Gasteiger partial charge in [-0.25, -0.2) is 4.98 Å². The molecule has 2 aliphatic rings. The van der Waals surface area contributed by atoms with Crippen LogP contribution in [0.4, 0.5) is 11.6 Å². The van der Waals surface area contributed by atoms with Gasteiger partial charge in [-0.3, -0.25) is 19.2 Å². The van der Waals surface area contributed by atoms with Gasteiger partial charge in [-0.1, -0.05) is 12.1 Å². The average Bonchev–Trinajstić information content (AvgIpc) is 3.44. The molecule has 0 N–H and O–H groups in total. The molecule has 2 aromatic rings. The van der Waals surface area contributed by atoms with Crippen molar-refractivity contribution in [1.29, 1.82) is 0 Å². The second-order valence-corrected chi connectivity index (χ2v) is 6.56. The first-order chi connectivity index (χ1) is 11.6. The molecule has 0 radical (unpaired) electrons. The number of benzene rings is 1. The highest BCUT2D eigenvalue weighted by molar-refractivity contribution is 5.66. The van der Waals surface area contributed by atoms with E-state index >= 15 is 0 Å². The maximum atomic E-state index is 12.8. The smallest absolute Gasteiger partial charge is 0.259 e. The molecular formula is C18H22N4O2. The number of hydrogen-bond donors (Lipinski definition) is 0. The van der Waals surface area contributed by atoms with E-state index in [1.54, 1.807) is 11.7 Å². The molecule has 126 valence electrons. The average molecular weight is 326 g/mol. The Kier molecular flexibility index (Phi) is 3.57. The molecule has 2 heterocycles. The standard InChI is InChI=1S/C18H22N4O2/c1-12-13(2)19-18-21(15-6-4-5-7-16(15)24-3)10-20(14-8-9-14)11-22(18)17(12)23/h4-7,14H,8-11H2,1-3H3. The zero-order valence-electron chi connectivity index (χ0n) is 14.3. The molecule has 0 unspecified atom stereocenters. The van der Waals surface area contributed by atoms with Gasteiger partial charge in [0.25, 0.3) is 5.56 Å². The van der Waals surface area contributed by atoms with Crippen molar-refractivity contribution < 1.29 is 4.74 Å². The summed E-state index contributed by atoms with van der Waals surface area (Å²) in [7, 11) is 1.67. The van der Waals surface area contributed by atoms with Crippen LogP contribution in [-0.4, -0.2) is 34.3 Å². The predicted octanol–water partition coefficient (Wildman–Crippen LogP) is 2.40. The molecule has 0 amide bonds. The Morgan fingerprint density at radius 1 is 1.17 bits per heavy atom. The molecule has 0 bridgehead atoms. The van der Waals surface area contributed by atoms with E-state index in [1.807, 2.05) is 38.1 Å². The Hall–Kier alpha value is -2.34. The molecule has 6 heteroatoms. The minimum Gasteiger partial charge on any atom is -0.495 e. The molecule has 1 fully saturated rings. The molecule has 0 saturated heterocycles. The first-order valence-electron chi connectivity index (χ1n) is 8.33. The van der Waals surface area contributed by atoms with Crippen LogP contribution in [0.15, 0.2) is 29.1 Å². The summed E-state index contributed by atoms with van der Waals surface area (Å²) in [4.78, 5) is 22.0. The fourth-order valence-electron chi connectivity index (χ4n) is 3.25. The summed E-state index contributed by atoms with van der Waals surface area (Å²) in [6, 6.07) is 8.45. The highest BCUT2D eigenvalue weighted by atomic mass is 16.5. The Balaban J connectivity index is 1.89. The number of aryl methyl sites for hydroxylation is 1. The molecule has 1 aromatic carbocycles. The number of para-hydroxylation sites is 2. The predicted molar refractivity (Wildman–Crippen MR) is 92.8 cm³/mol. The molecule has 0 spiro atoms. The Morgan fingerprint density at radius 3 is 2.62 bits per heavy atom. The highest BCUT2D eigenvalue weighted by Gasteiger charge is 2.36. The van der Waals surface area contributed by atoms with Crippen molar-refractivity contribution >= 4 is 11.6 Å². The zero-order chi connectivity index (χ0) is 16.8. The molecular weight excluding hydrogens is 304 g/mol. The van der Waals surface area contributed by atoms with Gasteiger partial charge in [0.2, 0.25) is 5.95 Å². The van der Waals surface area contributed by atoms with Crippen molar-refractivity contribution in [2.45, 2.75) is 39.4 Å². The van der Waals surface area contributed by atoms with Crippen LogP contribution in [0.1, 0.15) is 24.1 Å².